The van der Waals surface area contributed by atoms with E-state index in [0.29, 0.717) is 5.75 Å². The van der Waals surface area contributed by atoms with Crippen LogP contribution in [0, 0.1) is 0 Å². The first-order chi connectivity index (χ1) is 16.3. The summed E-state index contributed by atoms with van der Waals surface area (Å²) in [6, 6.07) is 18.5. The van der Waals surface area contributed by atoms with Crippen LogP contribution in [0.3, 0.4) is 0 Å². The molecule has 1 amide bonds. The van der Waals surface area contributed by atoms with Gasteiger partial charge in [-0.05, 0) is 41.7 Å². The van der Waals surface area contributed by atoms with Crippen LogP contribution in [0.25, 0.3) is 0 Å². The van der Waals surface area contributed by atoms with Crippen molar-refractivity contribution in [1.82, 2.24) is 10.3 Å². The third kappa shape index (κ3) is 5.56. The van der Waals surface area contributed by atoms with Crippen molar-refractivity contribution in [2.24, 2.45) is 0 Å². The van der Waals surface area contributed by atoms with Gasteiger partial charge in [-0.15, -0.1) is 0 Å². The molecule has 1 aromatic heterocycles. The van der Waals surface area contributed by atoms with Crippen molar-refractivity contribution in [3.05, 3.63) is 84.1 Å². The lowest BCUT2D eigenvalue weighted by molar-refractivity contribution is -0.122. The van der Waals surface area contributed by atoms with Crippen molar-refractivity contribution < 1.29 is 17.9 Å². The monoisotopic (exact) mass is 481 g/mol. The number of pyridine rings is 1. The van der Waals surface area contributed by atoms with Gasteiger partial charge in [-0.1, -0.05) is 69.3 Å². The number of amides is 1. The predicted molar refractivity (Wildman–Crippen MR) is 133 cm³/mol. The van der Waals surface area contributed by atoms with Crippen LogP contribution in [-0.2, 0) is 21.4 Å². The van der Waals surface area contributed by atoms with Crippen molar-refractivity contribution in [3.8, 4) is 5.75 Å². The number of ether oxygens (including phenoxy) is 1. The average Bonchev–Trinajstić information content (AvgIpc) is 2.86. The van der Waals surface area contributed by atoms with Gasteiger partial charge in [0.05, 0.1) is 12.8 Å². The lowest BCUT2D eigenvalue weighted by Crippen LogP contribution is -2.49. The number of carbonyl (C=O) groups excluding carboxylic acids is 1. The molecular weight excluding hydrogens is 450 g/mol. The molecule has 34 heavy (non-hydrogen) atoms. The van der Waals surface area contributed by atoms with Crippen molar-refractivity contribution >= 4 is 21.6 Å². The maximum Gasteiger partial charge on any atom is 0.282 e. The second-order valence-corrected chi connectivity index (χ2v) is 9.95. The lowest BCUT2D eigenvalue weighted by Gasteiger charge is -2.32. The third-order valence-corrected chi connectivity index (χ3v) is 7.29. The first kappa shape index (κ1) is 25.2. The molecule has 1 N–H and O–H groups in total. The quantitative estimate of drug-likeness (QED) is 0.460. The molecule has 0 saturated heterocycles. The van der Waals surface area contributed by atoms with Gasteiger partial charge in [0.1, 0.15) is 11.8 Å². The van der Waals surface area contributed by atoms with E-state index in [1.807, 2.05) is 44.2 Å². The number of para-hydroxylation sites is 2. The van der Waals surface area contributed by atoms with E-state index in [9.17, 15) is 13.2 Å². The molecule has 180 valence electrons. The Kier molecular flexibility index (Phi) is 8.28. The summed E-state index contributed by atoms with van der Waals surface area (Å²) in [5.41, 5.74) is 2.13. The maximum atomic E-state index is 13.9. The minimum absolute atomic E-state index is 0.128. The fourth-order valence-corrected chi connectivity index (χ4v) is 5.24. The first-order valence-corrected chi connectivity index (χ1v) is 12.7. The van der Waals surface area contributed by atoms with Gasteiger partial charge in [-0.2, -0.15) is 8.42 Å². The summed E-state index contributed by atoms with van der Waals surface area (Å²) in [6.07, 6.45) is 1.82. The van der Waals surface area contributed by atoms with Crippen LogP contribution < -0.4 is 14.4 Å². The van der Waals surface area contributed by atoms with Gasteiger partial charge in [-0.3, -0.25) is 4.79 Å². The molecule has 8 heteroatoms. The van der Waals surface area contributed by atoms with E-state index in [0.717, 1.165) is 15.4 Å². The van der Waals surface area contributed by atoms with E-state index in [1.165, 1.54) is 13.2 Å². The molecule has 1 unspecified atom stereocenters. The molecule has 0 spiro atoms. The zero-order valence-corrected chi connectivity index (χ0v) is 20.7. The van der Waals surface area contributed by atoms with Crippen LogP contribution in [0.4, 0.5) is 5.69 Å². The molecule has 0 radical (unpaired) electrons. The Morgan fingerprint density at radius 2 is 1.71 bits per heavy atom. The standard InChI is InChI=1S/C26H31N3O4S/c1-5-22(26(30)28-17-20-11-7-6-8-12-20)29(23-13-9-10-14-24(23)33-4)34(31,32)25-16-15-21(18-27-25)19(2)3/h6-16,18-19,22H,5,17H2,1-4H3,(H,28,30). The largest absolute Gasteiger partial charge is 0.495 e. The Morgan fingerprint density at radius 3 is 2.29 bits per heavy atom. The fraction of sp³-hybridized carbons (Fsp3) is 0.308. The van der Waals surface area contributed by atoms with E-state index >= 15 is 0 Å². The average molecular weight is 482 g/mol. The summed E-state index contributed by atoms with van der Waals surface area (Å²) >= 11 is 0. The topological polar surface area (TPSA) is 88.6 Å². The summed E-state index contributed by atoms with van der Waals surface area (Å²) in [5, 5.41) is 2.75. The van der Waals surface area contributed by atoms with E-state index < -0.39 is 22.0 Å². The number of anilines is 1. The SMILES string of the molecule is CCC(C(=O)NCc1ccccc1)N(c1ccccc1OC)S(=O)(=O)c1ccc(C(C)C)cn1. The molecule has 3 aromatic rings. The first-order valence-electron chi connectivity index (χ1n) is 11.2. The number of aromatic nitrogens is 1. The van der Waals surface area contributed by atoms with E-state index in [4.69, 9.17) is 4.74 Å². The number of carbonyl (C=O) groups is 1. The number of sulfonamides is 1. The van der Waals surface area contributed by atoms with Gasteiger partial charge < -0.3 is 10.1 Å². The van der Waals surface area contributed by atoms with Crippen molar-refractivity contribution in [3.63, 3.8) is 0 Å². The van der Waals surface area contributed by atoms with Crippen LogP contribution in [-0.4, -0.2) is 32.5 Å². The number of rotatable bonds is 10. The Balaban J connectivity index is 2.04. The fourth-order valence-electron chi connectivity index (χ4n) is 3.62. The van der Waals surface area contributed by atoms with Crippen molar-refractivity contribution in [2.45, 2.75) is 50.7 Å². The highest BCUT2D eigenvalue weighted by atomic mass is 32.2. The number of benzene rings is 2. The minimum atomic E-state index is -4.19. The summed E-state index contributed by atoms with van der Waals surface area (Å²) in [4.78, 5) is 17.5. The number of hydrogen-bond acceptors (Lipinski definition) is 5. The number of methoxy groups -OCH3 is 1. The Morgan fingerprint density at radius 1 is 1.03 bits per heavy atom. The molecule has 1 atom stereocenters. The Bertz CT molecular complexity index is 1200. The molecule has 0 aliphatic rings. The summed E-state index contributed by atoms with van der Waals surface area (Å²) in [5.74, 6) is 0.153. The van der Waals surface area contributed by atoms with Gasteiger partial charge in [0, 0.05) is 12.7 Å². The number of nitrogens with one attached hydrogen (secondary N) is 1. The zero-order chi connectivity index (χ0) is 24.7. The van der Waals surface area contributed by atoms with E-state index in [2.05, 4.69) is 10.3 Å². The second kappa shape index (κ2) is 11.2. The highest BCUT2D eigenvalue weighted by Gasteiger charge is 2.37. The van der Waals surface area contributed by atoms with Crippen LogP contribution in [0.15, 0.2) is 78.0 Å². The third-order valence-electron chi connectivity index (χ3n) is 5.55. The smallest absolute Gasteiger partial charge is 0.282 e. The molecule has 0 saturated carbocycles. The van der Waals surface area contributed by atoms with E-state index in [1.54, 1.807) is 43.5 Å². The molecule has 0 fully saturated rings. The molecule has 1 heterocycles. The summed E-state index contributed by atoms with van der Waals surface area (Å²) in [6.45, 7) is 6.09. The second-order valence-electron chi connectivity index (χ2n) is 8.18. The predicted octanol–water partition coefficient (Wildman–Crippen LogP) is 4.50. The van der Waals surface area contributed by atoms with Crippen LogP contribution in [0.1, 0.15) is 44.2 Å². The lowest BCUT2D eigenvalue weighted by atomic mass is 10.1. The Hall–Kier alpha value is -3.39. The molecule has 2 aromatic carbocycles. The molecule has 0 aliphatic carbocycles. The van der Waals surface area contributed by atoms with Gasteiger partial charge in [-0.25, -0.2) is 9.29 Å². The van der Waals surface area contributed by atoms with Crippen LogP contribution >= 0.6 is 0 Å². The van der Waals surface area contributed by atoms with Gasteiger partial charge in [0.25, 0.3) is 10.0 Å². The molecular formula is C26H31N3O4S. The van der Waals surface area contributed by atoms with Crippen LogP contribution in [0.5, 0.6) is 5.75 Å². The maximum absolute atomic E-state index is 13.9. The van der Waals surface area contributed by atoms with Crippen molar-refractivity contribution in [1.29, 1.82) is 0 Å². The summed E-state index contributed by atoms with van der Waals surface area (Å²) in [7, 11) is -2.72. The summed E-state index contributed by atoms with van der Waals surface area (Å²) < 4.78 is 34.4. The zero-order valence-electron chi connectivity index (χ0n) is 19.9. The van der Waals surface area contributed by atoms with Gasteiger partial charge >= 0.3 is 0 Å². The Labute approximate surface area is 201 Å². The minimum Gasteiger partial charge on any atom is -0.495 e. The van der Waals surface area contributed by atoms with Gasteiger partial charge in [0.15, 0.2) is 5.03 Å². The highest BCUT2D eigenvalue weighted by molar-refractivity contribution is 7.92. The van der Waals surface area contributed by atoms with Gasteiger partial charge in [0.2, 0.25) is 5.91 Å². The highest BCUT2D eigenvalue weighted by Crippen LogP contribution is 2.34. The molecule has 3 rings (SSSR count). The number of nitrogens with zero attached hydrogens (tertiary/aromatic N) is 2. The van der Waals surface area contributed by atoms with Crippen LogP contribution in [0.2, 0.25) is 0 Å². The number of hydrogen-bond donors (Lipinski definition) is 1. The van der Waals surface area contributed by atoms with Crippen molar-refractivity contribution in [2.75, 3.05) is 11.4 Å². The molecule has 0 bridgehead atoms. The normalized spacial score (nSPS) is 12.3. The molecule has 7 nitrogen and oxygen atoms in total. The van der Waals surface area contributed by atoms with E-state index in [-0.39, 0.29) is 29.6 Å². The molecule has 0 aliphatic heterocycles.